The Kier molecular flexibility index (Phi) is 8.55. The van der Waals surface area contributed by atoms with Gasteiger partial charge >= 0.3 is 0 Å². The SMILES string of the molecule is C=CCC1C(=O)C(=CN2CCOCC2)C[C@@]2(C)C1CC[C@H]1[C@@H]3CC[C@H]([C@H](C)CCCC(C)C)[C@@]3(C)CC[C@@H]12. The van der Waals surface area contributed by atoms with Crippen LogP contribution in [0, 0.1) is 58.2 Å². The molecule has 214 valence electrons. The monoisotopic (exact) mass is 523 g/mol. The maximum atomic E-state index is 13.9. The molecule has 0 spiro atoms. The lowest BCUT2D eigenvalue weighted by Gasteiger charge is -2.62. The summed E-state index contributed by atoms with van der Waals surface area (Å²) in [5.41, 5.74) is 1.87. The van der Waals surface area contributed by atoms with E-state index in [0.29, 0.717) is 17.1 Å². The van der Waals surface area contributed by atoms with E-state index in [-0.39, 0.29) is 11.3 Å². The number of fused-ring (bicyclic) bond motifs is 5. The van der Waals surface area contributed by atoms with Crippen molar-refractivity contribution >= 4 is 5.78 Å². The van der Waals surface area contributed by atoms with Crippen LogP contribution in [0.5, 0.6) is 0 Å². The highest BCUT2D eigenvalue weighted by molar-refractivity contribution is 5.98. The quantitative estimate of drug-likeness (QED) is 0.237. The van der Waals surface area contributed by atoms with Crippen molar-refractivity contribution < 1.29 is 9.53 Å². The van der Waals surface area contributed by atoms with Crippen LogP contribution >= 0.6 is 0 Å². The van der Waals surface area contributed by atoms with Crippen molar-refractivity contribution in [3.8, 4) is 0 Å². The number of carbonyl (C=O) groups excluding carboxylic acids is 1. The second-order valence-corrected chi connectivity index (χ2v) is 15.1. The number of ketones is 1. The summed E-state index contributed by atoms with van der Waals surface area (Å²) in [4.78, 5) is 16.2. The van der Waals surface area contributed by atoms with Gasteiger partial charge in [0.25, 0.3) is 0 Å². The van der Waals surface area contributed by atoms with Crippen molar-refractivity contribution in [2.75, 3.05) is 26.3 Å². The zero-order chi connectivity index (χ0) is 27.1. The lowest BCUT2D eigenvalue weighted by atomic mass is 9.42. The van der Waals surface area contributed by atoms with Crippen LogP contribution in [0.25, 0.3) is 0 Å². The molecule has 0 aromatic heterocycles. The molecule has 0 radical (unpaired) electrons. The van der Waals surface area contributed by atoms with E-state index in [9.17, 15) is 4.79 Å². The second kappa shape index (κ2) is 11.4. The zero-order valence-corrected chi connectivity index (χ0v) is 25.4. The average molecular weight is 524 g/mol. The van der Waals surface area contributed by atoms with E-state index in [1.807, 2.05) is 6.08 Å². The van der Waals surface area contributed by atoms with Crippen LogP contribution in [-0.2, 0) is 9.53 Å². The Hall–Kier alpha value is -1.09. The number of hydrogen-bond acceptors (Lipinski definition) is 3. The molecule has 5 aliphatic rings. The van der Waals surface area contributed by atoms with Gasteiger partial charge in [0.2, 0.25) is 0 Å². The van der Waals surface area contributed by atoms with E-state index in [0.717, 1.165) is 80.2 Å². The van der Waals surface area contributed by atoms with Gasteiger partial charge in [-0.2, -0.15) is 0 Å². The summed E-state index contributed by atoms with van der Waals surface area (Å²) in [6, 6.07) is 0. The van der Waals surface area contributed by atoms with Gasteiger partial charge in [-0.05, 0) is 104 Å². The first-order valence-corrected chi connectivity index (χ1v) is 16.4. The van der Waals surface area contributed by atoms with E-state index in [1.165, 1.54) is 57.8 Å². The third-order valence-corrected chi connectivity index (χ3v) is 12.7. The molecule has 4 saturated carbocycles. The minimum absolute atomic E-state index is 0.130. The van der Waals surface area contributed by atoms with E-state index in [1.54, 1.807) is 0 Å². The number of ether oxygens (including phenoxy) is 1. The largest absolute Gasteiger partial charge is 0.378 e. The third-order valence-electron chi connectivity index (χ3n) is 12.7. The lowest BCUT2D eigenvalue weighted by molar-refractivity contribution is -0.144. The molecule has 1 saturated heterocycles. The van der Waals surface area contributed by atoms with Gasteiger partial charge in [0, 0.05) is 30.8 Å². The first kappa shape index (κ1) is 28.4. The average Bonchev–Trinajstić information content (AvgIpc) is 3.24. The number of hydrogen-bond donors (Lipinski definition) is 0. The molecule has 0 amide bonds. The third kappa shape index (κ3) is 5.08. The standard InChI is InChI=1S/C35H57NO2/c1-7-9-28-31-13-12-27-30-15-14-29(25(4)11-8-10-24(2)3)34(30,5)17-16-32(27)35(31,6)22-26(33(28)37)23-36-18-20-38-21-19-36/h7,23-25,27-32H,1,8-22H2,2-6H3/t25-,27+,28?,29-,30+,31?,32+,34-,35+/m1/s1. The summed E-state index contributed by atoms with van der Waals surface area (Å²) in [7, 11) is 0. The highest BCUT2D eigenvalue weighted by atomic mass is 16.5. The van der Waals surface area contributed by atoms with Crippen LogP contribution in [0.15, 0.2) is 24.4 Å². The first-order chi connectivity index (χ1) is 18.2. The van der Waals surface area contributed by atoms with Crippen molar-refractivity contribution in [2.24, 2.45) is 58.2 Å². The fourth-order valence-electron chi connectivity index (χ4n) is 10.8. The van der Waals surface area contributed by atoms with E-state index in [2.05, 4.69) is 52.3 Å². The van der Waals surface area contributed by atoms with Crippen LogP contribution < -0.4 is 0 Å². The Balaban J connectivity index is 1.37. The molecule has 0 N–H and O–H groups in total. The highest BCUT2D eigenvalue weighted by Crippen LogP contribution is 2.69. The molecule has 2 unspecified atom stereocenters. The van der Waals surface area contributed by atoms with Gasteiger partial charge in [0.1, 0.15) is 0 Å². The fourth-order valence-corrected chi connectivity index (χ4v) is 10.8. The van der Waals surface area contributed by atoms with Gasteiger partial charge in [-0.1, -0.05) is 60.0 Å². The van der Waals surface area contributed by atoms with Crippen LogP contribution in [-0.4, -0.2) is 37.0 Å². The highest BCUT2D eigenvalue weighted by Gasteiger charge is 2.62. The molecule has 9 atom stereocenters. The number of Topliss-reactive ketones (excluding diaryl/α,β-unsaturated/α-hetero) is 1. The summed E-state index contributed by atoms with van der Waals surface area (Å²) >= 11 is 0. The van der Waals surface area contributed by atoms with E-state index >= 15 is 0 Å². The molecule has 0 aromatic rings. The predicted octanol–water partition coefficient (Wildman–Crippen LogP) is 8.31. The maximum absolute atomic E-state index is 13.9. The number of rotatable bonds is 8. The van der Waals surface area contributed by atoms with Gasteiger partial charge in [-0.15, -0.1) is 6.58 Å². The smallest absolute Gasteiger partial charge is 0.164 e. The predicted molar refractivity (Wildman–Crippen MR) is 158 cm³/mol. The molecule has 1 heterocycles. The Morgan fingerprint density at radius 2 is 1.68 bits per heavy atom. The van der Waals surface area contributed by atoms with Gasteiger partial charge in [-0.25, -0.2) is 0 Å². The summed E-state index contributed by atoms with van der Waals surface area (Å²) in [5.74, 6) is 6.18. The molecular formula is C35H57NO2. The molecular weight excluding hydrogens is 466 g/mol. The molecule has 38 heavy (non-hydrogen) atoms. The normalized spacial score (nSPS) is 43.1. The Bertz CT molecular complexity index is 886. The van der Waals surface area contributed by atoms with Crippen LogP contribution in [0.3, 0.4) is 0 Å². The second-order valence-electron chi connectivity index (χ2n) is 15.1. The summed E-state index contributed by atoms with van der Waals surface area (Å²) in [6.07, 6.45) is 18.6. The molecule has 5 fully saturated rings. The summed E-state index contributed by atoms with van der Waals surface area (Å²) in [6.45, 7) is 20.1. The molecule has 4 aliphatic carbocycles. The fraction of sp³-hybridized carbons (Fsp3) is 0.857. The van der Waals surface area contributed by atoms with Gasteiger partial charge in [0.05, 0.1) is 13.2 Å². The number of allylic oxidation sites excluding steroid dienone is 2. The minimum atomic E-state index is 0.130. The van der Waals surface area contributed by atoms with E-state index < -0.39 is 0 Å². The molecule has 0 bridgehead atoms. The van der Waals surface area contributed by atoms with Crippen molar-refractivity contribution in [1.29, 1.82) is 0 Å². The van der Waals surface area contributed by atoms with Gasteiger partial charge in [-0.3, -0.25) is 4.79 Å². The lowest BCUT2D eigenvalue weighted by Crippen LogP contribution is -2.56. The van der Waals surface area contributed by atoms with Crippen LogP contribution in [0.1, 0.15) is 105 Å². The van der Waals surface area contributed by atoms with Crippen LogP contribution in [0.4, 0.5) is 0 Å². The molecule has 3 heteroatoms. The topological polar surface area (TPSA) is 29.5 Å². The van der Waals surface area contributed by atoms with Crippen molar-refractivity contribution in [3.63, 3.8) is 0 Å². The van der Waals surface area contributed by atoms with Crippen LogP contribution in [0.2, 0.25) is 0 Å². The number of morpholine rings is 1. The summed E-state index contributed by atoms with van der Waals surface area (Å²) < 4.78 is 5.59. The number of nitrogens with zero attached hydrogens (tertiary/aromatic N) is 1. The summed E-state index contributed by atoms with van der Waals surface area (Å²) in [5, 5.41) is 0. The Morgan fingerprint density at radius 1 is 0.974 bits per heavy atom. The Labute approximate surface area is 234 Å². The van der Waals surface area contributed by atoms with Gasteiger partial charge < -0.3 is 9.64 Å². The van der Waals surface area contributed by atoms with Crippen molar-refractivity contribution in [3.05, 3.63) is 24.4 Å². The number of carbonyl (C=O) groups is 1. The van der Waals surface area contributed by atoms with E-state index in [4.69, 9.17) is 4.74 Å². The van der Waals surface area contributed by atoms with Gasteiger partial charge in [0.15, 0.2) is 5.78 Å². The molecule has 5 rings (SSSR count). The molecule has 0 aromatic carbocycles. The van der Waals surface area contributed by atoms with Crippen molar-refractivity contribution in [2.45, 2.75) is 105 Å². The molecule has 3 nitrogen and oxygen atoms in total. The molecule has 1 aliphatic heterocycles. The first-order valence-electron chi connectivity index (χ1n) is 16.4. The zero-order valence-electron chi connectivity index (χ0n) is 25.4. The minimum Gasteiger partial charge on any atom is -0.378 e. The maximum Gasteiger partial charge on any atom is 0.164 e. The van der Waals surface area contributed by atoms with Crippen molar-refractivity contribution in [1.82, 2.24) is 4.90 Å². The Morgan fingerprint density at radius 3 is 2.39 bits per heavy atom.